The Labute approximate surface area is 193 Å². The Morgan fingerprint density at radius 3 is 2.30 bits per heavy atom. The van der Waals surface area contributed by atoms with Crippen molar-refractivity contribution in [2.24, 2.45) is 0 Å². The molecule has 0 radical (unpaired) electrons. The fraction of sp³-hybridized carbons (Fsp3) is 0.185. The average Bonchev–Trinajstić information content (AvgIpc) is 2.90. The van der Waals surface area contributed by atoms with Crippen molar-refractivity contribution in [3.05, 3.63) is 96.6 Å². The second kappa shape index (κ2) is 9.60. The van der Waals surface area contributed by atoms with Gasteiger partial charge in [0.05, 0.1) is 5.69 Å². The van der Waals surface area contributed by atoms with Crippen molar-refractivity contribution in [2.75, 3.05) is 31.1 Å². The maximum absolute atomic E-state index is 9.03. The van der Waals surface area contributed by atoms with Crippen LogP contribution in [0.3, 0.4) is 0 Å². The second-order valence-corrected chi connectivity index (χ2v) is 8.08. The van der Waals surface area contributed by atoms with Gasteiger partial charge >= 0.3 is 0 Å². The number of piperazine rings is 1. The molecule has 162 valence electrons. The highest BCUT2D eigenvalue weighted by atomic mass is 15.3. The van der Waals surface area contributed by atoms with Crippen LogP contribution in [0.2, 0.25) is 0 Å². The molecule has 33 heavy (non-hydrogen) atoms. The van der Waals surface area contributed by atoms with Crippen LogP contribution in [0.5, 0.6) is 0 Å². The van der Waals surface area contributed by atoms with Gasteiger partial charge in [-0.25, -0.2) is 9.97 Å². The number of nitriles is 1. The number of nitrogens with zero attached hydrogens (tertiary/aromatic N) is 6. The highest BCUT2D eigenvalue weighted by Gasteiger charge is 2.19. The fourth-order valence-corrected chi connectivity index (χ4v) is 4.23. The summed E-state index contributed by atoms with van der Waals surface area (Å²) in [6, 6.07) is 27.1. The molecule has 2 aromatic carbocycles. The monoisotopic (exact) mass is 432 g/mol. The van der Waals surface area contributed by atoms with Crippen LogP contribution in [0.4, 0.5) is 5.82 Å². The molecule has 0 N–H and O–H groups in total. The average molecular weight is 433 g/mol. The molecule has 1 aliphatic heterocycles. The predicted molar refractivity (Wildman–Crippen MR) is 129 cm³/mol. The maximum Gasteiger partial charge on any atom is 0.234 e. The number of hydrogen-bond acceptors (Lipinski definition) is 6. The third kappa shape index (κ3) is 4.74. The standard InChI is InChI=1S/C27H24N6/c28-19-25-29-14-12-26(31-25)33-17-15-32(16-18-33)20-21-8-10-23(11-9-21)27-24(7-4-13-30-27)22-5-2-1-3-6-22/h1-14H,15-18,20H2. The van der Waals surface area contributed by atoms with Crippen LogP contribution in [-0.2, 0) is 6.54 Å². The van der Waals surface area contributed by atoms with Gasteiger partial charge in [-0.2, -0.15) is 5.26 Å². The molecule has 5 rings (SSSR count). The third-order valence-electron chi connectivity index (χ3n) is 5.96. The predicted octanol–water partition coefficient (Wildman–Crippen LogP) is 4.40. The zero-order valence-corrected chi connectivity index (χ0v) is 18.3. The number of hydrogen-bond donors (Lipinski definition) is 0. The van der Waals surface area contributed by atoms with Crippen molar-refractivity contribution in [2.45, 2.75) is 6.54 Å². The lowest BCUT2D eigenvalue weighted by Crippen LogP contribution is -2.46. The first-order chi connectivity index (χ1) is 16.3. The van der Waals surface area contributed by atoms with Gasteiger partial charge in [0.1, 0.15) is 11.9 Å². The van der Waals surface area contributed by atoms with E-state index >= 15 is 0 Å². The van der Waals surface area contributed by atoms with Crippen molar-refractivity contribution in [3.63, 3.8) is 0 Å². The quantitative estimate of drug-likeness (QED) is 0.466. The van der Waals surface area contributed by atoms with Gasteiger partial charge in [-0.05, 0) is 23.3 Å². The van der Waals surface area contributed by atoms with Crippen molar-refractivity contribution < 1.29 is 0 Å². The molecule has 6 nitrogen and oxygen atoms in total. The summed E-state index contributed by atoms with van der Waals surface area (Å²) >= 11 is 0. The van der Waals surface area contributed by atoms with E-state index < -0.39 is 0 Å². The van der Waals surface area contributed by atoms with Crippen LogP contribution < -0.4 is 4.90 Å². The van der Waals surface area contributed by atoms with Gasteiger partial charge in [-0.1, -0.05) is 60.7 Å². The van der Waals surface area contributed by atoms with E-state index in [1.54, 1.807) is 6.20 Å². The van der Waals surface area contributed by atoms with E-state index in [9.17, 15) is 0 Å². The van der Waals surface area contributed by atoms with Gasteiger partial charge in [0, 0.05) is 56.2 Å². The molecule has 1 saturated heterocycles. The second-order valence-electron chi connectivity index (χ2n) is 8.08. The minimum absolute atomic E-state index is 0.221. The van der Waals surface area contributed by atoms with Crippen molar-refractivity contribution in [1.29, 1.82) is 5.26 Å². The molecule has 6 heteroatoms. The lowest BCUT2D eigenvalue weighted by atomic mass is 9.99. The van der Waals surface area contributed by atoms with Crippen molar-refractivity contribution in [3.8, 4) is 28.5 Å². The maximum atomic E-state index is 9.03. The Bertz CT molecular complexity index is 1260. The van der Waals surface area contributed by atoms with Gasteiger partial charge in [0.2, 0.25) is 5.82 Å². The van der Waals surface area contributed by atoms with Crippen LogP contribution in [0, 0.1) is 11.3 Å². The number of pyridine rings is 1. The molecule has 4 aromatic rings. The zero-order chi connectivity index (χ0) is 22.5. The summed E-state index contributed by atoms with van der Waals surface area (Å²) in [5, 5.41) is 9.03. The molecule has 1 fully saturated rings. The Balaban J connectivity index is 1.24. The van der Waals surface area contributed by atoms with Gasteiger partial charge in [0.25, 0.3) is 0 Å². The van der Waals surface area contributed by atoms with Crippen LogP contribution in [-0.4, -0.2) is 46.0 Å². The van der Waals surface area contributed by atoms with Crippen LogP contribution >= 0.6 is 0 Å². The number of anilines is 1. The smallest absolute Gasteiger partial charge is 0.234 e. The summed E-state index contributed by atoms with van der Waals surface area (Å²) in [6.07, 6.45) is 3.51. The van der Waals surface area contributed by atoms with E-state index in [4.69, 9.17) is 5.26 Å². The molecule has 1 aliphatic rings. The first kappa shape index (κ1) is 20.8. The van der Waals surface area contributed by atoms with Crippen LogP contribution in [0.1, 0.15) is 11.4 Å². The normalized spacial score (nSPS) is 14.1. The van der Waals surface area contributed by atoms with E-state index in [0.717, 1.165) is 55.4 Å². The molecular weight excluding hydrogens is 408 g/mol. The van der Waals surface area contributed by atoms with E-state index in [1.807, 2.05) is 30.5 Å². The SMILES string of the molecule is N#Cc1nccc(N2CCN(Cc3ccc(-c4ncccc4-c4ccccc4)cc3)CC2)n1. The summed E-state index contributed by atoms with van der Waals surface area (Å²) < 4.78 is 0. The highest BCUT2D eigenvalue weighted by Crippen LogP contribution is 2.30. The zero-order valence-electron chi connectivity index (χ0n) is 18.3. The van der Waals surface area contributed by atoms with E-state index in [0.29, 0.717) is 0 Å². The Morgan fingerprint density at radius 1 is 0.758 bits per heavy atom. The first-order valence-electron chi connectivity index (χ1n) is 11.1. The lowest BCUT2D eigenvalue weighted by molar-refractivity contribution is 0.249. The van der Waals surface area contributed by atoms with E-state index in [1.165, 1.54) is 11.1 Å². The van der Waals surface area contributed by atoms with Gasteiger partial charge < -0.3 is 4.90 Å². The highest BCUT2D eigenvalue weighted by molar-refractivity contribution is 5.80. The van der Waals surface area contributed by atoms with Crippen molar-refractivity contribution in [1.82, 2.24) is 19.9 Å². The minimum atomic E-state index is 0.221. The van der Waals surface area contributed by atoms with Gasteiger partial charge in [0.15, 0.2) is 0 Å². The van der Waals surface area contributed by atoms with E-state index in [-0.39, 0.29) is 5.82 Å². The molecular formula is C27H24N6. The molecule has 0 amide bonds. The third-order valence-corrected chi connectivity index (χ3v) is 5.96. The Morgan fingerprint density at radius 2 is 1.55 bits per heavy atom. The Hall–Kier alpha value is -4.08. The molecule has 0 unspecified atom stereocenters. The van der Waals surface area contributed by atoms with Gasteiger partial charge in [-0.15, -0.1) is 0 Å². The Kier molecular flexibility index (Phi) is 6.05. The topological polar surface area (TPSA) is 68.9 Å². The molecule has 0 aliphatic carbocycles. The number of rotatable bonds is 5. The van der Waals surface area contributed by atoms with Crippen molar-refractivity contribution >= 4 is 5.82 Å². The lowest BCUT2D eigenvalue weighted by Gasteiger charge is -2.35. The summed E-state index contributed by atoms with van der Waals surface area (Å²) in [6.45, 7) is 4.58. The largest absolute Gasteiger partial charge is 0.354 e. The molecule has 0 saturated carbocycles. The van der Waals surface area contributed by atoms with E-state index in [2.05, 4.69) is 79.3 Å². The molecule has 2 aromatic heterocycles. The summed E-state index contributed by atoms with van der Waals surface area (Å²) in [7, 11) is 0. The molecule has 0 atom stereocenters. The summed E-state index contributed by atoms with van der Waals surface area (Å²) in [5.41, 5.74) is 5.74. The van der Waals surface area contributed by atoms with Gasteiger partial charge in [-0.3, -0.25) is 9.88 Å². The first-order valence-corrected chi connectivity index (χ1v) is 11.1. The van der Waals surface area contributed by atoms with Crippen LogP contribution in [0.25, 0.3) is 22.4 Å². The summed E-state index contributed by atoms with van der Waals surface area (Å²) in [5.74, 6) is 1.05. The molecule has 0 bridgehead atoms. The fourth-order valence-electron chi connectivity index (χ4n) is 4.23. The number of benzene rings is 2. The van der Waals surface area contributed by atoms with Crippen LogP contribution in [0.15, 0.2) is 85.2 Å². The molecule has 3 heterocycles. The molecule has 0 spiro atoms. The minimum Gasteiger partial charge on any atom is -0.354 e. The summed E-state index contributed by atoms with van der Waals surface area (Å²) in [4.78, 5) is 17.6. The number of aromatic nitrogens is 3.